The number of benzene rings is 1. The molecule has 20 heavy (non-hydrogen) atoms. The summed E-state index contributed by atoms with van der Waals surface area (Å²) in [5.41, 5.74) is 1.48. The molecule has 1 aromatic rings. The van der Waals surface area contributed by atoms with Gasteiger partial charge in [-0.3, -0.25) is 9.59 Å². The van der Waals surface area contributed by atoms with Crippen LogP contribution in [0.1, 0.15) is 38.8 Å². The van der Waals surface area contributed by atoms with Gasteiger partial charge in [-0.05, 0) is 51.3 Å². The molecule has 1 heterocycles. The van der Waals surface area contributed by atoms with Gasteiger partial charge in [-0.2, -0.15) is 0 Å². The zero-order valence-electron chi connectivity index (χ0n) is 12.7. The predicted octanol–water partition coefficient (Wildman–Crippen LogP) is 2.59. The van der Waals surface area contributed by atoms with Crippen LogP contribution in [-0.4, -0.2) is 24.0 Å². The fourth-order valence-electron chi connectivity index (χ4n) is 2.72. The first kappa shape index (κ1) is 14.6. The van der Waals surface area contributed by atoms with Crippen molar-refractivity contribution in [2.24, 2.45) is 5.41 Å². The van der Waals surface area contributed by atoms with Gasteiger partial charge in [0.05, 0.1) is 10.8 Å². The maximum atomic E-state index is 12.2. The van der Waals surface area contributed by atoms with Crippen molar-refractivity contribution in [3.8, 4) is 0 Å². The van der Waals surface area contributed by atoms with Crippen LogP contribution in [-0.2, 0) is 21.4 Å². The number of carboxylic acids is 1. The van der Waals surface area contributed by atoms with E-state index in [2.05, 4.69) is 0 Å². The molecule has 108 valence electrons. The first-order valence-corrected chi connectivity index (χ1v) is 6.72. The average Bonchev–Trinajstić information content (AvgIpc) is 2.51. The third-order valence-electron chi connectivity index (χ3n) is 4.16. The summed E-state index contributed by atoms with van der Waals surface area (Å²) in [6, 6.07) is 5.80. The van der Waals surface area contributed by atoms with Gasteiger partial charge in [-0.15, -0.1) is 0 Å². The number of anilines is 1. The van der Waals surface area contributed by atoms with Gasteiger partial charge in [0.25, 0.3) is 0 Å². The summed E-state index contributed by atoms with van der Waals surface area (Å²) in [4.78, 5) is 25.1. The molecule has 0 aliphatic carbocycles. The van der Waals surface area contributed by atoms with E-state index in [1.54, 1.807) is 25.8 Å². The smallest absolute Gasteiger partial charge is 0.309 e. The van der Waals surface area contributed by atoms with Gasteiger partial charge in [0, 0.05) is 12.7 Å². The van der Waals surface area contributed by atoms with E-state index < -0.39 is 16.8 Å². The van der Waals surface area contributed by atoms with Gasteiger partial charge in [-0.25, -0.2) is 0 Å². The van der Waals surface area contributed by atoms with E-state index in [4.69, 9.17) is 0 Å². The van der Waals surface area contributed by atoms with Gasteiger partial charge in [-0.1, -0.05) is 12.1 Å². The van der Waals surface area contributed by atoms with Crippen molar-refractivity contribution in [2.75, 3.05) is 11.9 Å². The van der Waals surface area contributed by atoms with Gasteiger partial charge in [0.1, 0.15) is 0 Å². The molecule has 2 rings (SSSR count). The number of carbonyl (C=O) groups is 2. The highest BCUT2D eigenvalue weighted by molar-refractivity contribution is 6.07. The number of nitrogens with zero attached hydrogens (tertiary/aromatic N) is 1. The molecule has 0 spiro atoms. The van der Waals surface area contributed by atoms with Crippen molar-refractivity contribution in [1.29, 1.82) is 0 Å². The number of carbonyl (C=O) groups excluding carboxylic acids is 1. The normalized spacial score (nSPS) is 17.2. The molecule has 0 unspecified atom stereocenters. The summed E-state index contributed by atoms with van der Waals surface area (Å²) in [7, 11) is 1.77. The molecule has 0 aromatic heterocycles. The molecule has 0 saturated carbocycles. The highest BCUT2D eigenvalue weighted by atomic mass is 16.4. The summed E-state index contributed by atoms with van der Waals surface area (Å²) in [6.45, 7) is 7.24. The Morgan fingerprint density at radius 2 is 1.95 bits per heavy atom. The van der Waals surface area contributed by atoms with E-state index in [0.29, 0.717) is 6.42 Å². The van der Waals surface area contributed by atoms with Crippen molar-refractivity contribution < 1.29 is 14.7 Å². The van der Waals surface area contributed by atoms with Gasteiger partial charge in [0.2, 0.25) is 5.91 Å². The molecule has 0 bridgehead atoms. The molecule has 0 fully saturated rings. The Hall–Kier alpha value is -1.84. The first-order valence-electron chi connectivity index (χ1n) is 6.72. The van der Waals surface area contributed by atoms with E-state index in [-0.39, 0.29) is 5.91 Å². The standard InChI is InChI=1S/C16H21NO3/c1-15(2,14(19)20)9-10-6-7-12-11(8-10)16(3,4)13(18)17(12)5/h6-8H,9H2,1-5H3,(H,19,20). The molecular formula is C16H21NO3. The number of hydrogen-bond donors (Lipinski definition) is 1. The minimum absolute atomic E-state index is 0.0714. The van der Waals surface area contributed by atoms with Crippen LogP contribution >= 0.6 is 0 Å². The zero-order chi connectivity index (χ0) is 15.3. The average molecular weight is 275 g/mol. The zero-order valence-corrected chi connectivity index (χ0v) is 12.7. The van der Waals surface area contributed by atoms with Crippen molar-refractivity contribution in [1.82, 2.24) is 0 Å². The molecule has 1 N–H and O–H groups in total. The highest BCUT2D eigenvalue weighted by Gasteiger charge is 2.42. The number of hydrogen-bond acceptors (Lipinski definition) is 2. The molecule has 1 amide bonds. The van der Waals surface area contributed by atoms with Crippen LogP contribution in [0.5, 0.6) is 0 Å². The minimum Gasteiger partial charge on any atom is -0.481 e. The second-order valence-corrected chi connectivity index (χ2v) is 6.71. The summed E-state index contributed by atoms with van der Waals surface area (Å²) in [5.74, 6) is -0.743. The molecule has 1 aliphatic heterocycles. The Kier molecular flexibility index (Phi) is 3.16. The topological polar surface area (TPSA) is 57.6 Å². The number of likely N-dealkylation sites (N-methyl/N-ethyl adjacent to an activating group) is 1. The van der Waals surface area contributed by atoms with Gasteiger partial charge < -0.3 is 10.0 Å². The Bertz CT molecular complexity index is 587. The van der Waals surface area contributed by atoms with Crippen LogP contribution in [0.2, 0.25) is 0 Å². The third-order valence-corrected chi connectivity index (χ3v) is 4.16. The number of aliphatic carboxylic acids is 1. The molecule has 4 heteroatoms. The van der Waals surface area contributed by atoms with Crippen LogP contribution in [0, 0.1) is 5.41 Å². The van der Waals surface area contributed by atoms with Crippen LogP contribution in [0.25, 0.3) is 0 Å². The third kappa shape index (κ3) is 2.09. The number of rotatable bonds is 3. The lowest BCUT2D eigenvalue weighted by Crippen LogP contribution is -2.33. The summed E-state index contributed by atoms with van der Waals surface area (Å²) >= 11 is 0. The SMILES string of the molecule is CN1C(=O)C(C)(C)c2cc(CC(C)(C)C(=O)O)ccc21. The van der Waals surface area contributed by atoms with Crippen molar-refractivity contribution in [3.05, 3.63) is 29.3 Å². The molecule has 0 saturated heterocycles. The number of amides is 1. The lowest BCUT2D eigenvalue weighted by Gasteiger charge is -2.21. The first-order chi connectivity index (χ1) is 9.07. The van der Waals surface area contributed by atoms with E-state index in [1.165, 1.54) is 0 Å². The molecule has 0 atom stereocenters. The number of fused-ring (bicyclic) bond motifs is 1. The van der Waals surface area contributed by atoms with E-state index in [9.17, 15) is 14.7 Å². The predicted molar refractivity (Wildman–Crippen MR) is 78.0 cm³/mol. The van der Waals surface area contributed by atoms with Crippen LogP contribution < -0.4 is 4.90 Å². The molecule has 1 aliphatic rings. The highest BCUT2D eigenvalue weighted by Crippen LogP contribution is 2.41. The fraction of sp³-hybridized carbons (Fsp3) is 0.500. The Labute approximate surface area is 119 Å². The maximum Gasteiger partial charge on any atom is 0.309 e. The van der Waals surface area contributed by atoms with E-state index in [0.717, 1.165) is 16.8 Å². The Morgan fingerprint density at radius 3 is 2.50 bits per heavy atom. The Balaban J connectivity index is 2.42. The second-order valence-electron chi connectivity index (χ2n) is 6.71. The van der Waals surface area contributed by atoms with Crippen molar-refractivity contribution >= 4 is 17.6 Å². The minimum atomic E-state index is -0.814. The molecule has 1 aromatic carbocycles. The quantitative estimate of drug-likeness (QED) is 0.922. The van der Waals surface area contributed by atoms with Crippen LogP contribution in [0.15, 0.2) is 18.2 Å². The lowest BCUT2D eigenvalue weighted by molar-refractivity contribution is -0.146. The summed E-state index contributed by atoms with van der Waals surface area (Å²) in [6.07, 6.45) is 0.448. The summed E-state index contributed by atoms with van der Waals surface area (Å²) in [5, 5.41) is 9.22. The fourth-order valence-corrected chi connectivity index (χ4v) is 2.72. The lowest BCUT2D eigenvalue weighted by atomic mass is 9.81. The van der Waals surface area contributed by atoms with Crippen LogP contribution in [0.3, 0.4) is 0 Å². The van der Waals surface area contributed by atoms with Gasteiger partial charge in [0.15, 0.2) is 0 Å². The Morgan fingerprint density at radius 1 is 1.35 bits per heavy atom. The van der Waals surface area contributed by atoms with E-state index >= 15 is 0 Å². The second kappa shape index (κ2) is 4.33. The van der Waals surface area contributed by atoms with Crippen molar-refractivity contribution in [3.63, 3.8) is 0 Å². The monoisotopic (exact) mass is 275 g/mol. The van der Waals surface area contributed by atoms with Crippen LogP contribution in [0.4, 0.5) is 5.69 Å². The maximum absolute atomic E-state index is 12.2. The molecule has 4 nitrogen and oxygen atoms in total. The van der Waals surface area contributed by atoms with E-state index in [1.807, 2.05) is 32.0 Å². The molecule has 0 radical (unpaired) electrons. The van der Waals surface area contributed by atoms with Crippen molar-refractivity contribution in [2.45, 2.75) is 39.5 Å². The molecular weight excluding hydrogens is 254 g/mol. The summed E-state index contributed by atoms with van der Waals surface area (Å²) < 4.78 is 0. The van der Waals surface area contributed by atoms with Gasteiger partial charge >= 0.3 is 5.97 Å². The largest absolute Gasteiger partial charge is 0.481 e. The number of carboxylic acid groups (broad SMARTS) is 1.